The van der Waals surface area contributed by atoms with Crippen molar-refractivity contribution in [3.63, 3.8) is 0 Å². The van der Waals surface area contributed by atoms with Crippen LogP contribution in [0.5, 0.6) is 0 Å². The van der Waals surface area contributed by atoms with Crippen LogP contribution in [0.25, 0.3) is 10.1 Å². The zero-order chi connectivity index (χ0) is 14.8. The molecule has 0 spiro atoms. The minimum absolute atomic E-state index is 0.0235. The quantitative estimate of drug-likeness (QED) is 0.658. The largest absolute Gasteiger partial charge is 0.299 e. The van der Waals surface area contributed by atoms with Crippen LogP contribution in [0.15, 0.2) is 47.8 Å². The van der Waals surface area contributed by atoms with Crippen molar-refractivity contribution in [1.82, 2.24) is 0 Å². The lowest BCUT2D eigenvalue weighted by atomic mass is 10.0. The molecular weight excluding hydrogens is 307 g/mol. The van der Waals surface area contributed by atoms with Crippen LogP contribution >= 0.6 is 22.9 Å². The molecule has 4 heteroatoms. The SMILES string of the molecule is O=C(Cc1c(F)cccc1Cl)Cc1csc2ccccc12. The van der Waals surface area contributed by atoms with E-state index in [2.05, 4.69) is 0 Å². The molecule has 1 aromatic heterocycles. The second kappa shape index (κ2) is 5.96. The minimum Gasteiger partial charge on any atom is -0.299 e. The Balaban J connectivity index is 1.81. The molecule has 0 aliphatic heterocycles. The number of thiophene rings is 1. The van der Waals surface area contributed by atoms with Gasteiger partial charge >= 0.3 is 0 Å². The zero-order valence-corrected chi connectivity index (χ0v) is 12.7. The van der Waals surface area contributed by atoms with Gasteiger partial charge in [-0.3, -0.25) is 4.79 Å². The zero-order valence-electron chi connectivity index (χ0n) is 11.1. The molecule has 0 amide bonds. The van der Waals surface area contributed by atoms with Crippen LogP contribution in [-0.4, -0.2) is 5.78 Å². The number of hydrogen-bond acceptors (Lipinski definition) is 2. The number of rotatable bonds is 4. The van der Waals surface area contributed by atoms with Crippen molar-refractivity contribution in [1.29, 1.82) is 0 Å². The Morgan fingerprint density at radius 3 is 2.71 bits per heavy atom. The van der Waals surface area contributed by atoms with E-state index < -0.39 is 5.82 Å². The first-order valence-electron chi connectivity index (χ1n) is 6.55. The Bertz CT molecular complexity index is 789. The molecule has 0 fully saturated rings. The first kappa shape index (κ1) is 14.2. The van der Waals surface area contributed by atoms with E-state index in [1.807, 2.05) is 29.6 Å². The van der Waals surface area contributed by atoms with Crippen LogP contribution < -0.4 is 0 Å². The number of Topliss-reactive ketones (excluding diaryl/α,β-unsaturated/α-hetero) is 1. The molecule has 1 nitrogen and oxygen atoms in total. The van der Waals surface area contributed by atoms with Crippen molar-refractivity contribution in [2.75, 3.05) is 0 Å². The average molecular weight is 319 g/mol. The minimum atomic E-state index is -0.425. The molecular formula is C17H12ClFOS. The van der Waals surface area contributed by atoms with Gasteiger partial charge in [-0.2, -0.15) is 0 Å². The fourth-order valence-corrected chi connectivity index (χ4v) is 3.54. The van der Waals surface area contributed by atoms with Crippen LogP contribution in [0.3, 0.4) is 0 Å². The van der Waals surface area contributed by atoms with Crippen molar-refractivity contribution in [3.05, 3.63) is 69.8 Å². The maximum atomic E-state index is 13.7. The maximum Gasteiger partial charge on any atom is 0.141 e. The van der Waals surface area contributed by atoms with Crippen LogP contribution in [0, 0.1) is 5.82 Å². The second-order valence-electron chi connectivity index (χ2n) is 4.85. The first-order chi connectivity index (χ1) is 10.1. The number of hydrogen-bond donors (Lipinski definition) is 0. The van der Waals surface area contributed by atoms with Crippen LogP contribution in [0.1, 0.15) is 11.1 Å². The van der Waals surface area contributed by atoms with Gasteiger partial charge < -0.3 is 0 Å². The predicted octanol–water partition coefficient (Wildman–Crippen LogP) is 5.05. The van der Waals surface area contributed by atoms with Gasteiger partial charge in [-0.05, 0) is 34.5 Å². The summed E-state index contributed by atoms with van der Waals surface area (Å²) in [5.74, 6) is -0.462. The van der Waals surface area contributed by atoms with Crippen molar-refractivity contribution in [3.8, 4) is 0 Å². The number of benzene rings is 2. The average Bonchev–Trinajstić information content (AvgIpc) is 2.87. The Kier molecular flexibility index (Phi) is 4.04. The number of fused-ring (bicyclic) bond motifs is 1. The Hall–Kier alpha value is -1.71. The summed E-state index contributed by atoms with van der Waals surface area (Å²) < 4.78 is 14.9. The summed E-state index contributed by atoms with van der Waals surface area (Å²) in [7, 11) is 0. The maximum absolute atomic E-state index is 13.7. The lowest BCUT2D eigenvalue weighted by Gasteiger charge is -2.05. The molecule has 0 N–H and O–H groups in total. The van der Waals surface area contributed by atoms with Gasteiger partial charge in [0, 0.05) is 28.1 Å². The molecule has 0 unspecified atom stereocenters. The van der Waals surface area contributed by atoms with Gasteiger partial charge in [0.25, 0.3) is 0 Å². The molecule has 1 heterocycles. The van der Waals surface area contributed by atoms with E-state index in [1.54, 1.807) is 17.4 Å². The van der Waals surface area contributed by atoms with Gasteiger partial charge in [0.1, 0.15) is 11.6 Å². The molecule has 3 aromatic rings. The summed E-state index contributed by atoms with van der Waals surface area (Å²) in [6.45, 7) is 0. The molecule has 106 valence electrons. The lowest BCUT2D eigenvalue weighted by Crippen LogP contribution is -2.08. The second-order valence-corrected chi connectivity index (χ2v) is 6.17. The van der Waals surface area contributed by atoms with Gasteiger partial charge in [-0.25, -0.2) is 4.39 Å². The van der Waals surface area contributed by atoms with Gasteiger partial charge in [0.15, 0.2) is 0 Å². The summed E-state index contributed by atoms with van der Waals surface area (Å²) in [5.41, 5.74) is 1.27. The van der Waals surface area contributed by atoms with Gasteiger partial charge in [-0.15, -0.1) is 11.3 Å². The van der Waals surface area contributed by atoms with E-state index in [0.29, 0.717) is 11.4 Å². The van der Waals surface area contributed by atoms with E-state index in [0.717, 1.165) is 15.6 Å². The van der Waals surface area contributed by atoms with E-state index >= 15 is 0 Å². The third kappa shape index (κ3) is 2.99. The molecule has 0 aliphatic rings. The monoisotopic (exact) mass is 318 g/mol. The van der Waals surface area contributed by atoms with E-state index in [9.17, 15) is 9.18 Å². The molecule has 2 aromatic carbocycles. The predicted molar refractivity (Wildman–Crippen MR) is 85.7 cm³/mol. The Morgan fingerprint density at radius 2 is 1.90 bits per heavy atom. The molecule has 0 radical (unpaired) electrons. The third-order valence-electron chi connectivity index (χ3n) is 3.38. The lowest BCUT2D eigenvalue weighted by molar-refractivity contribution is -0.117. The molecule has 0 saturated carbocycles. The van der Waals surface area contributed by atoms with E-state index in [1.165, 1.54) is 12.1 Å². The van der Waals surface area contributed by atoms with Gasteiger partial charge in [-0.1, -0.05) is 35.9 Å². The number of halogens is 2. The van der Waals surface area contributed by atoms with Crippen LogP contribution in [0.4, 0.5) is 4.39 Å². The standard InChI is InChI=1S/C17H12ClFOS/c18-15-5-3-6-16(19)14(15)9-12(20)8-11-10-21-17-7-2-1-4-13(11)17/h1-7,10H,8-9H2. The summed E-state index contributed by atoms with van der Waals surface area (Å²) in [6, 6.07) is 12.4. The summed E-state index contributed by atoms with van der Waals surface area (Å²) >= 11 is 7.58. The molecule has 0 aliphatic carbocycles. The molecule has 0 atom stereocenters. The molecule has 3 rings (SSSR count). The van der Waals surface area contributed by atoms with Gasteiger partial charge in [0.05, 0.1) is 0 Å². The summed E-state index contributed by atoms with van der Waals surface area (Å²) in [6.07, 6.45) is 0.324. The Morgan fingerprint density at radius 1 is 1.10 bits per heavy atom. The molecule has 21 heavy (non-hydrogen) atoms. The van der Waals surface area contributed by atoms with Crippen molar-refractivity contribution < 1.29 is 9.18 Å². The fraction of sp³-hybridized carbons (Fsp3) is 0.118. The van der Waals surface area contributed by atoms with Crippen molar-refractivity contribution in [2.24, 2.45) is 0 Å². The summed E-state index contributed by atoms with van der Waals surface area (Å²) in [4.78, 5) is 12.2. The number of ketones is 1. The first-order valence-corrected chi connectivity index (χ1v) is 7.80. The highest BCUT2D eigenvalue weighted by molar-refractivity contribution is 7.17. The topological polar surface area (TPSA) is 17.1 Å². The van der Waals surface area contributed by atoms with Crippen molar-refractivity contribution >= 4 is 38.8 Å². The smallest absolute Gasteiger partial charge is 0.141 e. The summed E-state index contributed by atoms with van der Waals surface area (Å²) in [5, 5.41) is 3.39. The number of carbonyl (C=O) groups excluding carboxylic acids is 1. The van der Waals surface area contributed by atoms with Crippen LogP contribution in [0.2, 0.25) is 5.02 Å². The van der Waals surface area contributed by atoms with E-state index in [4.69, 9.17) is 11.6 Å². The number of carbonyl (C=O) groups is 1. The van der Waals surface area contributed by atoms with Gasteiger partial charge in [0.2, 0.25) is 0 Å². The normalized spacial score (nSPS) is 11.0. The van der Waals surface area contributed by atoms with Crippen LogP contribution in [-0.2, 0) is 17.6 Å². The highest BCUT2D eigenvalue weighted by Gasteiger charge is 2.14. The Labute approximate surface area is 131 Å². The highest BCUT2D eigenvalue weighted by Crippen LogP contribution is 2.27. The molecule has 0 saturated heterocycles. The third-order valence-corrected chi connectivity index (χ3v) is 4.75. The molecule has 0 bridgehead atoms. The van der Waals surface area contributed by atoms with Crippen molar-refractivity contribution in [2.45, 2.75) is 12.8 Å². The fourth-order valence-electron chi connectivity index (χ4n) is 2.34. The highest BCUT2D eigenvalue weighted by atomic mass is 35.5. The van der Waals surface area contributed by atoms with E-state index in [-0.39, 0.29) is 17.8 Å².